The van der Waals surface area contributed by atoms with Gasteiger partial charge in [0, 0.05) is 18.8 Å². The first-order valence-electron chi connectivity index (χ1n) is 7.81. The number of hydrogen-bond donors (Lipinski definition) is 2. The van der Waals surface area contributed by atoms with Gasteiger partial charge < -0.3 is 19.7 Å². The molecule has 1 heterocycles. The van der Waals surface area contributed by atoms with Gasteiger partial charge in [0.2, 0.25) is 0 Å². The average molecular weight is 311 g/mol. The van der Waals surface area contributed by atoms with Gasteiger partial charge in [0.05, 0.1) is 24.0 Å². The minimum Gasteiger partial charge on any atom is -0.491 e. The molecule has 5 heteroatoms. The molecule has 0 bridgehead atoms. The summed E-state index contributed by atoms with van der Waals surface area (Å²) in [6.45, 7) is 4.07. The first kappa shape index (κ1) is 15.4. The van der Waals surface area contributed by atoms with Crippen LogP contribution in [0.2, 0.25) is 0 Å². The number of hydrogen-bond acceptors (Lipinski definition) is 4. The summed E-state index contributed by atoms with van der Waals surface area (Å²) in [5, 5.41) is 12.2. The van der Waals surface area contributed by atoms with Crippen LogP contribution in [0.4, 0.5) is 5.69 Å². The number of anilines is 1. The summed E-state index contributed by atoms with van der Waals surface area (Å²) in [4.78, 5) is 4.43. The second-order valence-electron chi connectivity index (χ2n) is 5.31. The van der Waals surface area contributed by atoms with Crippen molar-refractivity contribution in [3.05, 3.63) is 54.4 Å². The van der Waals surface area contributed by atoms with Crippen molar-refractivity contribution >= 4 is 16.7 Å². The molecule has 3 aromatic rings. The lowest BCUT2D eigenvalue weighted by Gasteiger charge is -2.09. The third-order valence-corrected chi connectivity index (χ3v) is 3.72. The molecule has 5 nitrogen and oxygen atoms in total. The smallest absolute Gasteiger partial charge is 0.119 e. The Kier molecular flexibility index (Phi) is 4.78. The Morgan fingerprint density at radius 1 is 1.22 bits per heavy atom. The fraction of sp³-hybridized carbons (Fsp3) is 0.278. The summed E-state index contributed by atoms with van der Waals surface area (Å²) in [7, 11) is 0. The van der Waals surface area contributed by atoms with Crippen molar-refractivity contribution in [1.82, 2.24) is 9.55 Å². The lowest BCUT2D eigenvalue weighted by molar-refractivity contribution is 0.201. The monoisotopic (exact) mass is 311 g/mol. The molecule has 2 aromatic carbocycles. The summed E-state index contributed by atoms with van der Waals surface area (Å²) in [5.41, 5.74) is 4.31. The lowest BCUT2D eigenvalue weighted by Crippen LogP contribution is -2.03. The van der Waals surface area contributed by atoms with Crippen LogP contribution in [0.25, 0.3) is 11.0 Å². The molecule has 0 saturated carbocycles. The van der Waals surface area contributed by atoms with Crippen molar-refractivity contribution in [3.8, 4) is 5.75 Å². The normalized spacial score (nSPS) is 10.9. The maximum Gasteiger partial charge on any atom is 0.119 e. The number of benzene rings is 2. The molecule has 0 amide bonds. The van der Waals surface area contributed by atoms with Gasteiger partial charge >= 0.3 is 0 Å². The molecule has 0 saturated heterocycles. The highest BCUT2D eigenvalue weighted by molar-refractivity contribution is 5.79. The molecule has 23 heavy (non-hydrogen) atoms. The molecule has 0 aliphatic heterocycles. The van der Waals surface area contributed by atoms with Crippen LogP contribution >= 0.6 is 0 Å². The van der Waals surface area contributed by atoms with Gasteiger partial charge in [-0.05, 0) is 42.8 Å². The highest BCUT2D eigenvalue weighted by atomic mass is 16.5. The number of rotatable bonds is 7. The predicted octanol–water partition coefficient (Wildman–Crippen LogP) is 3.04. The first-order valence-corrected chi connectivity index (χ1v) is 7.81. The number of nitrogens with zero attached hydrogens (tertiary/aromatic N) is 2. The Balaban J connectivity index is 1.68. The number of aliphatic hydroxyl groups excluding tert-OH is 1. The van der Waals surface area contributed by atoms with E-state index >= 15 is 0 Å². The van der Waals surface area contributed by atoms with Crippen LogP contribution in [0.3, 0.4) is 0 Å². The van der Waals surface area contributed by atoms with Gasteiger partial charge in [-0.25, -0.2) is 4.98 Å². The molecule has 0 spiro atoms. The number of imidazole rings is 1. The molecule has 0 atom stereocenters. The van der Waals surface area contributed by atoms with E-state index in [-0.39, 0.29) is 6.61 Å². The Labute approximate surface area is 135 Å². The molecule has 3 rings (SSSR count). The van der Waals surface area contributed by atoms with Crippen LogP contribution in [0.15, 0.2) is 48.8 Å². The summed E-state index contributed by atoms with van der Waals surface area (Å²) < 4.78 is 7.56. The maximum absolute atomic E-state index is 8.81. The van der Waals surface area contributed by atoms with Gasteiger partial charge in [0.15, 0.2) is 0 Å². The highest BCUT2D eigenvalue weighted by Crippen LogP contribution is 2.20. The van der Waals surface area contributed by atoms with Crippen molar-refractivity contribution in [1.29, 1.82) is 0 Å². The number of nitrogens with one attached hydrogen (secondary N) is 1. The zero-order valence-electron chi connectivity index (χ0n) is 13.2. The largest absolute Gasteiger partial charge is 0.491 e. The quantitative estimate of drug-likeness (QED) is 0.704. The molecular formula is C18H21N3O2. The van der Waals surface area contributed by atoms with Crippen LogP contribution in [-0.2, 0) is 13.1 Å². The minimum absolute atomic E-state index is 0.0207. The van der Waals surface area contributed by atoms with Crippen LogP contribution in [0, 0.1) is 0 Å². The van der Waals surface area contributed by atoms with E-state index in [1.165, 1.54) is 0 Å². The molecule has 1 aromatic heterocycles. The van der Waals surface area contributed by atoms with Gasteiger partial charge in [-0.3, -0.25) is 0 Å². The zero-order valence-corrected chi connectivity index (χ0v) is 13.2. The lowest BCUT2D eigenvalue weighted by atomic mass is 10.2. The van der Waals surface area contributed by atoms with Crippen LogP contribution in [0.5, 0.6) is 5.75 Å². The Hall–Kier alpha value is -2.53. The SMILES string of the molecule is CCn1cnc2cc(NCc3cccc(OCCO)c3)ccc21. The van der Waals surface area contributed by atoms with Gasteiger partial charge in [-0.15, -0.1) is 0 Å². The van der Waals surface area contributed by atoms with Gasteiger partial charge in [0.25, 0.3) is 0 Å². The maximum atomic E-state index is 8.81. The number of fused-ring (bicyclic) bond motifs is 1. The topological polar surface area (TPSA) is 59.3 Å². The molecule has 0 aliphatic carbocycles. The molecule has 2 N–H and O–H groups in total. The predicted molar refractivity (Wildman–Crippen MR) is 91.8 cm³/mol. The Bertz CT molecular complexity index is 783. The number of aromatic nitrogens is 2. The average Bonchev–Trinajstić information content (AvgIpc) is 3.01. The van der Waals surface area contributed by atoms with E-state index in [0.29, 0.717) is 13.2 Å². The van der Waals surface area contributed by atoms with Crippen molar-refractivity contribution in [3.63, 3.8) is 0 Å². The van der Waals surface area contributed by atoms with Crippen molar-refractivity contribution in [2.45, 2.75) is 20.0 Å². The van der Waals surface area contributed by atoms with E-state index in [9.17, 15) is 0 Å². The third kappa shape index (κ3) is 3.63. The summed E-state index contributed by atoms with van der Waals surface area (Å²) in [5.74, 6) is 0.774. The molecular weight excluding hydrogens is 290 g/mol. The second-order valence-corrected chi connectivity index (χ2v) is 5.31. The molecule has 0 radical (unpaired) electrons. The fourth-order valence-electron chi connectivity index (χ4n) is 2.54. The van der Waals surface area contributed by atoms with Gasteiger partial charge in [-0.2, -0.15) is 0 Å². The van der Waals surface area contributed by atoms with E-state index in [4.69, 9.17) is 9.84 Å². The summed E-state index contributed by atoms with van der Waals surface area (Å²) >= 11 is 0. The van der Waals surface area contributed by atoms with Crippen LogP contribution in [0.1, 0.15) is 12.5 Å². The van der Waals surface area contributed by atoms with E-state index in [0.717, 1.165) is 34.6 Å². The Morgan fingerprint density at radius 3 is 2.96 bits per heavy atom. The first-order chi connectivity index (χ1) is 11.3. The highest BCUT2D eigenvalue weighted by Gasteiger charge is 2.03. The van der Waals surface area contributed by atoms with Crippen LogP contribution in [-0.4, -0.2) is 27.9 Å². The minimum atomic E-state index is 0.0207. The van der Waals surface area contributed by atoms with E-state index in [1.807, 2.05) is 30.6 Å². The summed E-state index contributed by atoms with van der Waals surface area (Å²) in [6, 6.07) is 14.1. The fourth-order valence-corrected chi connectivity index (χ4v) is 2.54. The van der Waals surface area contributed by atoms with Crippen molar-refractivity contribution in [2.24, 2.45) is 0 Å². The number of aliphatic hydroxyl groups is 1. The zero-order chi connectivity index (χ0) is 16.1. The van der Waals surface area contributed by atoms with Crippen molar-refractivity contribution in [2.75, 3.05) is 18.5 Å². The molecule has 0 unspecified atom stereocenters. The summed E-state index contributed by atoms with van der Waals surface area (Å²) in [6.07, 6.45) is 1.87. The van der Waals surface area contributed by atoms with Crippen LogP contribution < -0.4 is 10.1 Å². The second kappa shape index (κ2) is 7.15. The van der Waals surface area contributed by atoms with E-state index in [1.54, 1.807) is 0 Å². The van der Waals surface area contributed by atoms with Gasteiger partial charge in [0.1, 0.15) is 12.4 Å². The standard InChI is InChI=1S/C18H21N3O2/c1-2-21-13-20-17-11-15(6-7-18(17)21)19-12-14-4-3-5-16(10-14)23-9-8-22/h3-7,10-11,13,19,22H,2,8-9,12H2,1H3. The Morgan fingerprint density at radius 2 is 2.13 bits per heavy atom. The molecule has 0 aliphatic rings. The third-order valence-electron chi connectivity index (χ3n) is 3.72. The van der Waals surface area contributed by atoms with Crippen molar-refractivity contribution < 1.29 is 9.84 Å². The number of aryl methyl sites for hydroxylation is 1. The number of ether oxygens (including phenoxy) is 1. The molecule has 0 fully saturated rings. The van der Waals surface area contributed by atoms with E-state index in [2.05, 4.69) is 40.0 Å². The molecule has 120 valence electrons. The van der Waals surface area contributed by atoms with E-state index < -0.39 is 0 Å². The van der Waals surface area contributed by atoms with Gasteiger partial charge in [-0.1, -0.05) is 12.1 Å².